The number of aromatic nitrogens is 1. The van der Waals surface area contributed by atoms with Gasteiger partial charge in [0.05, 0.1) is 0 Å². The zero-order valence-electron chi connectivity index (χ0n) is 10.2. The van der Waals surface area contributed by atoms with Gasteiger partial charge in [0.1, 0.15) is 23.3 Å². The predicted molar refractivity (Wildman–Crippen MR) is 68.1 cm³/mol. The molecule has 19 heavy (non-hydrogen) atoms. The Morgan fingerprint density at radius 1 is 1.26 bits per heavy atom. The molecule has 2 rings (SSSR count). The second-order valence-corrected chi connectivity index (χ2v) is 3.86. The minimum atomic E-state index is -0.366. The molecule has 0 bridgehead atoms. The molecule has 1 heterocycles. The van der Waals surface area contributed by atoms with Gasteiger partial charge in [-0.3, -0.25) is 4.79 Å². The van der Waals surface area contributed by atoms with E-state index in [4.69, 9.17) is 5.26 Å². The Labute approximate surface area is 109 Å². The Balaban J connectivity index is 2.28. The van der Waals surface area contributed by atoms with E-state index in [1.165, 1.54) is 41.3 Å². The van der Waals surface area contributed by atoms with E-state index in [0.717, 1.165) is 0 Å². The van der Waals surface area contributed by atoms with E-state index in [1.807, 2.05) is 6.07 Å². The Bertz CT molecular complexity index is 646. The number of carbonyl (C=O) groups is 1. The van der Waals surface area contributed by atoms with Crippen LogP contribution in [0.2, 0.25) is 0 Å². The molecule has 0 saturated carbocycles. The van der Waals surface area contributed by atoms with Gasteiger partial charge in [-0.2, -0.15) is 5.26 Å². The first kappa shape index (κ1) is 12.7. The van der Waals surface area contributed by atoms with Crippen molar-refractivity contribution in [2.24, 2.45) is 0 Å². The third kappa shape index (κ3) is 2.75. The molecule has 4 nitrogen and oxygen atoms in total. The topological polar surface area (TPSA) is 57.0 Å². The summed E-state index contributed by atoms with van der Waals surface area (Å²) < 4.78 is 12.8. The minimum Gasteiger partial charge on any atom is -0.310 e. The van der Waals surface area contributed by atoms with Crippen molar-refractivity contribution in [2.45, 2.75) is 0 Å². The standard InChI is InChI=1S/C14H10FN3O/c1-18(12-7-5-10(15)6-8-12)14(19)13-4-2-3-11(9-16)17-13/h2-8H,1H3. The normalized spacial score (nSPS) is 9.74. The maximum absolute atomic E-state index is 12.8. The lowest BCUT2D eigenvalue weighted by Gasteiger charge is -2.16. The summed E-state index contributed by atoms with van der Waals surface area (Å²) in [6.45, 7) is 0. The summed E-state index contributed by atoms with van der Waals surface area (Å²) in [6, 6.07) is 12.1. The molecule has 0 saturated heterocycles. The van der Waals surface area contributed by atoms with Crippen molar-refractivity contribution >= 4 is 11.6 Å². The number of hydrogen-bond donors (Lipinski definition) is 0. The van der Waals surface area contributed by atoms with Crippen molar-refractivity contribution in [1.82, 2.24) is 4.98 Å². The van der Waals surface area contributed by atoms with E-state index in [1.54, 1.807) is 13.1 Å². The van der Waals surface area contributed by atoms with Crippen LogP contribution in [0.3, 0.4) is 0 Å². The molecule has 1 amide bonds. The molecular formula is C14H10FN3O. The number of pyridine rings is 1. The van der Waals surface area contributed by atoms with Crippen LogP contribution in [0.5, 0.6) is 0 Å². The molecule has 0 spiro atoms. The largest absolute Gasteiger partial charge is 0.310 e. The smallest absolute Gasteiger partial charge is 0.276 e. The summed E-state index contributed by atoms with van der Waals surface area (Å²) in [5.41, 5.74) is 0.903. The van der Waals surface area contributed by atoms with Gasteiger partial charge in [0.25, 0.3) is 5.91 Å². The number of carbonyl (C=O) groups excluding carboxylic acids is 1. The maximum atomic E-state index is 12.8. The van der Waals surface area contributed by atoms with Gasteiger partial charge in [0, 0.05) is 12.7 Å². The first-order chi connectivity index (χ1) is 9.11. The number of nitrogens with zero attached hydrogens (tertiary/aromatic N) is 3. The molecule has 0 radical (unpaired) electrons. The third-order valence-electron chi connectivity index (χ3n) is 2.60. The van der Waals surface area contributed by atoms with Crippen LogP contribution >= 0.6 is 0 Å². The highest BCUT2D eigenvalue weighted by molar-refractivity contribution is 6.04. The molecule has 1 aromatic heterocycles. The van der Waals surface area contributed by atoms with Crippen molar-refractivity contribution in [1.29, 1.82) is 5.26 Å². The lowest BCUT2D eigenvalue weighted by molar-refractivity contribution is 0.0988. The minimum absolute atomic E-state index is 0.172. The van der Waals surface area contributed by atoms with Crippen LogP contribution in [0.4, 0.5) is 10.1 Å². The Morgan fingerprint density at radius 2 is 1.95 bits per heavy atom. The molecule has 0 fully saturated rings. The maximum Gasteiger partial charge on any atom is 0.276 e. The van der Waals surface area contributed by atoms with Gasteiger partial charge in [0.2, 0.25) is 0 Å². The monoisotopic (exact) mass is 255 g/mol. The number of benzene rings is 1. The molecule has 0 aliphatic rings. The average Bonchev–Trinajstić information content (AvgIpc) is 2.46. The third-order valence-corrected chi connectivity index (χ3v) is 2.60. The molecule has 1 aromatic carbocycles. The van der Waals surface area contributed by atoms with Crippen LogP contribution in [0, 0.1) is 17.1 Å². The zero-order chi connectivity index (χ0) is 13.8. The number of amides is 1. The van der Waals surface area contributed by atoms with Crippen molar-refractivity contribution in [3.8, 4) is 6.07 Å². The summed E-state index contributed by atoms with van der Waals surface area (Å²) >= 11 is 0. The second kappa shape index (κ2) is 5.27. The van der Waals surface area contributed by atoms with Crippen LogP contribution in [0.1, 0.15) is 16.2 Å². The molecule has 0 aliphatic carbocycles. The fraction of sp³-hybridized carbons (Fsp3) is 0.0714. The number of halogens is 1. The van der Waals surface area contributed by atoms with Gasteiger partial charge in [0.15, 0.2) is 0 Å². The van der Waals surface area contributed by atoms with Gasteiger partial charge < -0.3 is 4.90 Å². The van der Waals surface area contributed by atoms with Gasteiger partial charge in [-0.15, -0.1) is 0 Å². The number of rotatable bonds is 2. The summed E-state index contributed by atoms with van der Waals surface area (Å²) in [6.07, 6.45) is 0. The highest BCUT2D eigenvalue weighted by Gasteiger charge is 2.15. The first-order valence-electron chi connectivity index (χ1n) is 5.52. The quantitative estimate of drug-likeness (QED) is 0.827. The van der Waals surface area contributed by atoms with Crippen LogP contribution in [0.15, 0.2) is 42.5 Å². The molecule has 0 atom stereocenters. The number of nitriles is 1. The van der Waals surface area contributed by atoms with Gasteiger partial charge in [-0.05, 0) is 36.4 Å². The van der Waals surface area contributed by atoms with Gasteiger partial charge in [-0.25, -0.2) is 9.37 Å². The second-order valence-electron chi connectivity index (χ2n) is 3.86. The van der Waals surface area contributed by atoms with Crippen molar-refractivity contribution in [2.75, 3.05) is 11.9 Å². The Kier molecular flexibility index (Phi) is 3.53. The lowest BCUT2D eigenvalue weighted by atomic mass is 10.2. The van der Waals surface area contributed by atoms with Gasteiger partial charge in [-0.1, -0.05) is 6.07 Å². The fourth-order valence-electron chi connectivity index (χ4n) is 1.57. The van der Waals surface area contributed by atoms with E-state index < -0.39 is 0 Å². The summed E-state index contributed by atoms with van der Waals surface area (Å²) in [5.74, 6) is -0.724. The Hall–Kier alpha value is -2.74. The lowest BCUT2D eigenvalue weighted by Crippen LogP contribution is -2.27. The molecule has 0 unspecified atom stereocenters. The molecule has 5 heteroatoms. The van der Waals surface area contributed by atoms with E-state index in [9.17, 15) is 9.18 Å². The Morgan fingerprint density at radius 3 is 2.58 bits per heavy atom. The van der Waals surface area contributed by atoms with Crippen molar-refractivity contribution < 1.29 is 9.18 Å². The van der Waals surface area contributed by atoms with E-state index in [0.29, 0.717) is 5.69 Å². The van der Waals surface area contributed by atoms with Gasteiger partial charge >= 0.3 is 0 Å². The van der Waals surface area contributed by atoms with Crippen LogP contribution in [0.25, 0.3) is 0 Å². The number of anilines is 1. The predicted octanol–water partition coefficient (Wildman–Crippen LogP) is 2.37. The average molecular weight is 255 g/mol. The molecule has 2 aromatic rings. The van der Waals surface area contributed by atoms with E-state index in [-0.39, 0.29) is 23.1 Å². The number of hydrogen-bond acceptors (Lipinski definition) is 3. The SMILES string of the molecule is CN(C(=O)c1cccc(C#N)n1)c1ccc(F)cc1. The van der Waals surface area contributed by atoms with E-state index >= 15 is 0 Å². The molecular weight excluding hydrogens is 245 g/mol. The summed E-state index contributed by atoms with van der Waals surface area (Å²) in [4.78, 5) is 17.4. The van der Waals surface area contributed by atoms with Crippen molar-refractivity contribution in [3.05, 3.63) is 59.7 Å². The van der Waals surface area contributed by atoms with Crippen molar-refractivity contribution in [3.63, 3.8) is 0 Å². The van der Waals surface area contributed by atoms with Crippen LogP contribution in [-0.4, -0.2) is 17.9 Å². The van der Waals surface area contributed by atoms with E-state index in [2.05, 4.69) is 4.98 Å². The van der Waals surface area contributed by atoms with Crippen LogP contribution in [-0.2, 0) is 0 Å². The zero-order valence-corrected chi connectivity index (χ0v) is 10.2. The summed E-state index contributed by atoms with van der Waals surface area (Å²) in [5, 5.41) is 8.75. The first-order valence-corrected chi connectivity index (χ1v) is 5.52. The highest BCUT2D eigenvalue weighted by atomic mass is 19.1. The summed E-state index contributed by atoms with van der Waals surface area (Å²) in [7, 11) is 1.57. The molecule has 94 valence electrons. The molecule has 0 aliphatic heterocycles. The molecule has 0 N–H and O–H groups in total. The fourth-order valence-corrected chi connectivity index (χ4v) is 1.57. The highest BCUT2D eigenvalue weighted by Crippen LogP contribution is 2.15. The van der Waals surface area contributed by atoms with Crippen LogP contribution < -0.4 is 4.90 Å².